The van der Waals surface area contributed by atoms with Gasteiger partial charge in [0, 0.05) is 17.5 Å². The Morgan fingerprint density at radius 1 is 1.43 bits per heavy atom. The van der Waals surface area contributed by atoms with E-state index in [-0.39, 0.29) is 5.91 Å². The molecule has 0 aromatic carbocycles. The van der Waals surface area contributed by atoms with E-state index in [1.54, 1.807) is 17.4 Å². The lowest BCUT2D eigenvalue weighted by atomic mass is 9.97. The molecule has 0 saturated carbocycles. The van der Waals surface area contributed by atoms with Crippen LogP contribution in [0.4, 0.5) is 0 Å². The van der Waals surface area contributed by atoms with Crippen LogP contribution in [0.5, 0.6) is 0 Å². The van der Waals surface area contributed by atoms with Crippen LogP contribution in [0.2, 0.25) is 0 Å². The van der Waals surface area contributed by atoms with Gasteiger partial charge >= 0.3 is 0 Å². The van der Waals surface area contributed by atoms with Crippen LogP contribution in [0.3, 0.4) is 0 Å². The highest BCUT2D eigenvalue weighted by Gasteiger charge is 2.04. The van der Waals surface area contributed by atoms with Crippen LogP contribution in [0.25, 0.3) is 6.08 Å². The molecule has 1 aromatic heterocycles. The van der Waals surface area contributed by atoms with Crippen molar-refractivity contribution in [3.8, 4) is 0 Å². The van der Waals surface area contributed by atoms with Gasteiger partial charge in [0.2, 0.25) is 5.91 Å². The summed E-state index contributed by atoms with van der Waals surface area (Å²) in [7, 11) is 0. The minimum atomic E-state index is -0.196. The van der Waals surface area contributed by atoms with Gasteiger partial charge in [0.05, 0.1) is 0 Å². The first-order chi connectivity index (χ1) is 10.2. The molecule has 3 nitrogen and oxygen atoms in total. The molecule has 2 rings (SSSR count). The van der Waals surface area contributed by atoms with Crippen LogP contribution < -0.4 is 10.6 Å². The zero-order valence-corrected chi connectivity index (χ0v) is 13.6. The predicted molar refractivity (Wildman–Crippen MR) is 93.3 cm³/mol. The van der Waals surface area contributed by atoms with Crippen molar-refractivity contribution in [2.75, 3.05) is 6.54 Å². The first kappa shape index (κ1) is 15.9. The maximum Gasteiger partial charge on any atom is 0.250 e. The Labute approximate surface area is 135 Å². The Morgan fingerprint density at radius 2 is 2.33 bits per heavy atom. The molecule has 21 heavy (non-hydrogen) atoms. The minimum Gasteiger partial charge on any atom is -0.362 e. The van der Waals surface area contributed by atoms with Crippen molar-refractivity contribution in [3.05, 3.63) is 40.1 Å². The molecule has 1 aliphatic carbocycles. The van der Waals surface area contributed by atoms with Gasteiger partial charge in [-0.1, -0.05) is 17.7 Å². The van der Waals surface area contributed by atoms with Gasteiger partial charge in [0.25, 0.3) is 0 Å². The van der Waals surface area contributed by atoms with E-state index in [4.69, 9.17) is 12.2 Å². The summed E-state index contributed by atoms with van der Waals surface area (Å²) < 4.78 is 0. The second kappa shape index (κ2) is 8.74. The number of allylic oxidation sites excluding steroid dienone is 1. The summed E-state index contributed by atoms with van der Waals surface area (Å²) in [6, 6.07) is 3.91. The average Bonchev–Trinajstić information content (AvgIpc) is 2.99. The Bertz CT molecular complexity index is 532. The molecule has 1 aromatic rings. The largest absolute Gasteiger partial charge is 0.362 e. The number of nitrogens with one attached hydrogen (secondary N) is 2. The molecule has 112 valence electrons. The lowest BCUT2D eigenvalue weighted by Gasteiger charge is -2.13. The Morgan fingerprint density at radius 3 is 3.05 bits per heavy atom. The third-order valence-corrected chi connectivity index (χ3v) is 4.38. The van der Waals surface area contributed by atoms with Crippen molar-refractivity contribution in [1.82, 2.24) is 10.6 Å². The third kappa shape index (κ3) is 6.23. The summed E-state index contributed by atoms with van der Waals surface area (Å²) in [5.41, 5.74) is 1.50. The Hall–Kier alpha value is -1.46. The summed E-state index contributed by atoms with van der Waals surface area (Å²) in [5, 5.41) is 8.11. The Balaban J connectivity index is 1.64. The number of amides is 1. The van der Waals surface area contributed by atoms with Crippen molar-refractivity contribution in [2.45, 2.75) is 32.1 Å². The van der Waals surface area contributed by atoms with E-state index in [1.165, 1.54) is 37.3 Å². The van der Waals surface area contributed by atoms with Gasteiger partial charge in [0.1, 0.15) is 0 Å². The fourth-order valence-corrected chi connectivity index (χ4v) is 3.03. The van der Waals surface area contributed by atoms with Gasteiger partial charge in [-0.05, 0) is 61.8 Å². The van der Waals surface area contributed by atoms with Crippen molar-refractivity contribution >= 4 is 40.7 Å². The molecule has 1 aliphatic rings. The molecule has 0 spiro atoms. The highest BCUT2D eigenvalue weighted by atomic mass is 32.1. The number of hydrogen-bond acceptors (Lipinski definition) is 3. The molecule has 0 fully saturated rings. The number of rotatable bonds is 5. The van der Waals surface area contributed by atoms with Gasteiger partial charge in [-0.15, -0.1) is 11.3 Å². The van der Waals surface area contributed by atoms with Crippen molar-refractivity contribution in [3.63, 3.8) is 0 Å². The van der Waals surface area contributed by atoms with Crippen molar-refractivity contribution in [1.29, 1.82) is 0 Å². The molecule has 0 radical (unpaired) electrons. The van der Waals surface area contributed by atoms with Crippen LogP contribution in [0.1, 0.15) is 37.0 Å². The van der Waals surface area contributed by atoms with E-state index in [0.717, 1.165) is 17.8 Å². The summed E-state index contributed by atoms with van der Waals surface area (Å²) in [4.78, 5) is 12.7. The second-order valence-electron chi connectivity index (χ2n) is 4.95. The normalized spacial score (nSPS) is 14.8. The van der Waals surface area contributed by atoms with Crippen molar-refractivity contribution < 1.29 is 4.79 Å². The van der Waals surface area contributed by atoms with Gasteiger partial charge in [-0.3, -0.25) is 10.1 Å². The number of thiocarbonyl (C=S) groups is 1. The molecule has 0 aliphatic heterocycles. The summed E-state index contributed by atoms with van der Waals surface area (Å²) in [6.45, 7) is 0.777. The zero-order valence-electron chi connectivity index (χ0n) is 11.9. The summed E-state index contributed by atoms with van der Waals surface area (Å²) >= 11 is 6.71. The molecule has 5 heteroatoms. The van der Waals surface area contributed by atoms with Crippen LogP contribution in [-0.4, -0.2) is 17.6 Å². The highest BCUT2D eigenvalue weighted by Crippen LogP contribution is 2.19. The quantitative estimate of drug-likeness (QED) is 0.494. The number of hydrogen-bond donors (Lipinski definition) is 2. The van der Waals surface area contributed by atoms with Crippen LogP contribution in [0.15, 0.2) is 35.2 Å². The molecule has 0 unspecified atom stereocenters. The smallest absolute Gasteiger partial charge is 0.250 e. The average molecular weight is 320 g/mol. The van der Waals surface area contributed by atoms with Gasteiger partial charge in [0.15, 0.2) is 5.11 Å². The first-order valence-corrected chi connectivity index (χ1v) is 8.51. The fourth-order valence-electron chi connectivity index (χ4n) is 2.21. The van der Waals surface area contributed by atoms with Gasteiger partial charge in [-0.25, -0.2) is 0 Å². The SMILES string of the molecule is O=C(C=Cc1cccs1)NC(=S)NCCC1=CCCCC1. The monoisotopic (exact) mass is 320 g/mol. The molecule has 0 saturated heterocycles. The first-order valence-electron chi connectivity index (χ1n) is 7.22. The summed E-state index contributed by atoms with van der Waals surface area (Å²) in [5.74, 6) is -0.196. The van der Waals surface area contributed by atoms with Crippen molar-refractivity contribution in [2.24, 2.45) is 0 Å². The van der Waals surface area contributed by atoms with Gasteiger partial charge in [-0.2, -0.15) is 0 Å². The van der Waals surface area contributed by atoms with E-state index in [1.807, 2.05) is 17.5 Å². The molecule has 1 amide bonds. The van der Waals surface area contributed by atoms with Crippen LogP contribution >= 0.6 is 23.6 Å². The summed E-state index contributed by atoms with van der Waals surface area (Å²) in [6.07, 6.45) is 11.6. The second-order valence-corrected chi connectivity index (χ2v) is 6.34. The fraction of sp³-hybridized carbons (Fsp3) is 0.375. The maximum absolute atomic E-state index is 11.7. The molecule has 2 N–H and O–H groups in total. The van der Waals surface area contributed by atoms with Gasteiger partial charge < -0.3 is 5.32 Å². The van der Waals surface area contributed by atoms with E-state index in [2.05, 4.69) is 16.7 Å². The number of carbonyl (C=O) groups excluding carboxylic acids is 1. The highest BCUT2D eigenvalue weighted by molar-refractivity contribution is 7.80. The maximum atomic E-state index is 11.7. The molecular formula is C16H20N2OS2. The number of carbonyl (C=O) groups is 1. The lowest BCUT2D eigenvalue weighted by molar-refractivity contribution is -0.115. The zero-order chi connectivity index (χ0) is 14.9. The van der Waals surface area contributed by atoms with E-state index in [0.29, 0.717) is 5.11 Å². The van der Waals surface area contributed by atoms with Crippen LogP contribution in [-0.2, 0) is 4.79 Å². The lowest BCUT2D eigenvalue weighted by Crippen LogP contribution is -2.38. The topological polar surface area (TPSA) is 41.1 Å². The molecule has 0 bridgehead atoms. The van der Waals surface area contributed by atoms with E-state index in [9.17, 15) is 4.79 Å². The third-order valence-electron chi connectivity index (χ3n) is 3.30. The number of thiophene rings is 1. The predicted octanol–water partition coefficient (Wildman–Crippen LogP) is 3.64. The Kier molecular flexibility index (Phi) is 6.63. The standard InChI is InChI=1S/C16H20N2OS2/c19-15(9-8-14-7-4-12-21-14)18-16(20)17-11-10-13-5-2-1-3-6-13/h4-5,7-9,12H,1-3,6,10-11H2,(H2,17,18,19,20). The minimum absolute atomic E-state index is 0.196. The molecule has 1 heterocycles. The van der Waals surface area contributed by atoms with Crippen LogP contribution in [0, 0.1) is 0 Å². The van der Waals surface area contributed by atoms with E-state index >= 15 is 0 Å². The molecular weight excluding hydrogens is 300 g/mol. The van der Waals surface area contributed by atoms with E-state index < -0.39 is 0 Å². The molecule has 0 atom stereocenters.